The Morgan fingerprint density at radius 1 is 1.14 bits per heavy atom. The lowest BCUT2D eigenvalue weighted by molar-refractivity contribution is 0.393. The number of rotatable bonds is 6. The van der Waals surface area contributed by atoms with Crippen molar-refractivity contribution in [3.63, 3.8) is 0 Å². The Kier molecular flexibility index (Phi) is 4.22. The summed E-state index contributed by atoms with van der Waals surface area (Å²) < 4.78 is 1.94. The molecule has 28 heavy (non-hydrogen) atoms. The van der Waals surface area contributed by atoms with Gasteiger partial charge in [0.1, 0.15) is 11.6 Å². The van der Waals surface area contributed by atoms with Crippen molar-refractivity contribution in [2.75, 3.05) is 48.8 Å². The minimum Gasteiger partial charge on any atom is -0.363 e. The van der Waals surface area contributed by atoms with E-state index in [1.54, 1.807) is 6.20 Å². The Bertz CT molecular complexity index is 972. The molecule has 0 amide bonds. The second-order valence-electron chi connectivity index (χ2n) is 7.93. The maximum absolute atomic E-state index is 4.81. The Morgan fingerprint density at radius 2 is 2.00 bits per heavy atom. The summed E-state index contributed by atoms with van der Waals surface area (Å²) in [5.41, 5.74) is 0.835. The van der Waals surface area contributed by atoms with Crippen LogP contribution >= 0.6 is 0 Å². The standard InChI is InChI=1S/C19H25N9/c1-26(2)15-8-9-20-19(22-15)21-10-13-11-27(12-13)17-7-6-16-23-24-18(28(16)25-17)14-4-3-5-14/h6-9,13-14H,3-5,10-12H2,1-2H3,(H,20,21,22). The lowest BCUT2D eigenvalue weighted by Crippen LogP contribution is -2.50. The predicted molar refractivity (Wildman–Crippen MR) is 108 cm³/mol. The molecule has 0 unspecified atom stereocenters. The van der Waals surface area contributed by atoms with E-state index < -0.39 is 0 Å². The highest BCUT2D eigenvalue weighted by atomic mass is 15.4. The normalized spacial score (nSPS) is 17.4. The molecule has 0 bridgehead atoms. The third-order valence-electron chi connectivity index (χ3n) is 5.67. The van der Waals surface area contributed by atoms with E-state index in [4.69, 9.17) is 5.10 Å². The largest absolute Gasteiger partial charge is 0.363 e. The number of fused-ring (bicyclic) bond motifs is 1. The molecular formula is C19H25N9. The van der Waals surface area contributed by atoms with Gasteiger partial charge in [-0.2, -0.15) is 9.50 Å². The van der Waals surface area contributed by atoms with Crippen LogP contribution in [0.15, 0.2) is 24.4 Å². The Hall–Kier alpha value is -2.97. The first-order chi connectivity index (χ1) is 13.7. The molecule has 146 valence electrons. The van der Waals surface area contributed by atoms with Gasteiger partial charge in [-0.15, -0.1) is 15.3 Å². The number of nitrogens with one attached hydrogen (secondary N) is 1. The van der Waals surface area contributed by atoms with Gasteiger partial charge in [0.2, 0.25) is 5.95 Å². The molecule has 0 atom stereocenters. The summed E-state index contributed by atoms with van der Waals surface area (Å²) in [7, 11) is 3.96. The highest BCUT2D eigenvalue weighted by molar-refractivity contribution is 5.48. The zero-order chi connectivity index (χ0) is 19.1. The summed E-state index contributed by atoms with van der Waals surface area (Å²) in [5.74, 6) is 4.66. The molecule has 3 aromatic rings. The quantitative estimate of drug-likeness (QED) is 0.694. The fraction of sp³-hybridized carbons (Fsp3) is 0.526. The summed E-state index contributed by atoms with van der Waals surface area (Å²) in [5, 5.41) is 16.8. The van der Waals surface area contributed by atoms with Gasteiger partial charge in [-0.25, -0.2) is 4.98 Å². The number of aromatic nitrogens is 6. The van der Waals surface area contributed by atoms with Crippen LogP contribution in [0.2, 0.25) is 0 Å². The second kappa shape index (κ2) is 6.88. The van der Waals surface area contributed by atoms with Gasteiger partial charge in [-0.1, -0.05) is 6.42 Å². The average molecular weight is 379 g/mol. The molecule has 0 aromatic carbocycles. The number of nitrogens with zero attached hydrogens (tertiary/aromatic N) is 8. The molecule has 3 aromatic heterocycles. The fourth-order valence-corrected chi connectivity index (χ4v) is 3.69. The topological polar surface area (TPSA) is 87.4 Å². The highest BCUT2D eigenvalue weighted by Crippen LogP contribution is 2.35. The molecule has 1 aliphatic carbocycles. The molecule has 2 aliphatic rings. The van der Waals surface area contributed by atoms with Crippen molar-refractivity contribution < 1.29 is 0 Å². The first-order valence-electron chi connectivity index (χ1n) is 9.89. The summed E-state index contributed by atoms with van der Waals surface area (Å²) in [6.45, 7) is 2.80. The van der Waals surface area contributed by atoms with Crippen molar-refractivity contribution >= 4 is 23.2 Å². The maximum Gasteiger partial charge on any atom is 0.224 e. The fourth-order valence-electron chi connectivity index (χ4n) is 3.69. The van der Waals surface area contributed by atoms with Crippen molar-refractivity contribution in [3.05, 3.63) is 30.2 Å². The smallest absolute Gasteiger partial charge is 0.224 e. The van der Waals surface area contributed by atoms with Gasteiger partial charge in [0.15, 0.2) is 11.5 Å². The van der Waals surface area contributed by atoms with Gasteiger partial charge >= 0.3 is 0 Å². The van der Waals surface area contributed by atoms with Crippen LogP contribution in [0.1, 0.15) is 31.0 Å². The van der Waals surface area contributed by atoms with E-state index in [0.29, 0.717) is 17.8 Å². The van der Waals surface area contributed by atoms with Crippen LogP contribution in [0.4, 0.5) is 17.6 Å². The van der Waals surface area contributed by atoms with Gasteiger partial charge < -0.3 is 15.1 Å². The minimum atomic E-state index is 0.518. The van der Waals surface area contributed by atoms with Gasteiger partial charge in [0.25, 0.3) is 0 Å². The second-order valence-corrected chi connectivity index (χ2v) is 7.93. The third kappa shape index (κ3) is 3.10. The maximum atomic E-state index is 4.81. The number of hydrogen-bond acceptors (Lipinski definition) is 8. The minimum absolute atomic E-state index is 0.518. The van der Waals surface area contributed by atoms with Gasteiger partial charge in [-0.3, -0.25) is 0 Å². The van der Waals surface area contributed by atoms with Crippen molar-refractivity contribution in [1.29, 1.82) is 0 Å². The van der Waals surface area contributed by atoms with Crippen LogP contribution in [0.5, 0.6) is 0 Å². The van der Waals surface area contributed by atoms with Gasteiger partial charge in [0.05, 0.1) is 0 Å². The van der Waals surface area contributed by atoms with Crippen LogP contribution in [-0.2, 0) is 0 Å². The summed E-state index contributed by atoms with van der Waals surface area (Å²) in [6, 6.07) is 5.96. The molecule has 1 saturated carbocycles. The molecule has 1 N–H and O–H groups in total. The Balaban J connectivity index is 1.20. The Morgan fingerprint density at radius 3 is 2.75 bits per heavy atom. The van der Waals surface area contributed by atoms with E-state index in [1.807, 2.05) is 41.7 Å². The Labute approximate surface area is 163 Å². The lowest BCUT2D eigenvalue weighted by atomic mass is 9.85. The molecule has 5 rings (SSSR count). The zero-order valence-electron chi connectivity index (χ0n) is 16.3. The van der Waals surface area contributed by atoms with Crippen molar-refractivity contribution in [1.82, 2.24) is 29.8 Å². The molecular weight excluding hydrogens is 354 g/mol. The zero-order valence-corrected chi connectivity index (χ0v) is 16.3. The first-order valence-corrected chi connectivity index (χ1v) is 9.89. The van der Waals surface area contributed by atoms with E-state index >= 15 is 0 Å². The highest BCUT2D eigenvalue weighted by Gasteiger charge is 2.29. The molecule has 4 heterocycles. The van der Waals surface area contributed by atoms with Crippen LogP contribution in [0, 0.1) is 5.92 Å². The molecule has 9 nitrogen and oxygen atoms in total. The van der Waals surface area contributed by atoms with Crippen LogP contribution in [0.25, 0.3) is 5.65 Å². The third-order valence-corrected chi connectivity index (χ3v) is 5.67. The van der Waals surface area contributed by atoms with Gasteiger partial charge in [-0.05, 0) is 31.0 Å². The molecule has 9 heteroatoms. The summed E-state index contributed by atoms with van der Waals surface area (Å²) in [4.78, 5) is 13.1. The monoisotopic (exact) mass is 379 g/mol. The van der Waals surface area contributed by atoms with Crippen LogP contribution < -0.4 is 15.1 Å². The molecule has 0 spiro atoms. The number of hydrogen-bond donors (Lipinski definition) is 1. The van der Waals surface area contributed by atoms with Crippen molar-refractivity contribution in [2.24, 2.45) is 5.92 Å². The van der Waals surface area contributed by atoms with E-state index in [2.05, 4.69) is 30.4 Å². The summed E-state index contributed by atoms with van der Waals surface area (Å²) >= 11 is 0. The molecule has 0 radical (unpaired) electrons. The number of anilines is 3. The predicted octanol–water partition coefficient (Wildman–Crippen LogP) is 1.80. The first kappa shape index (κ1) is 17.2. The van der Waals surface area contributed by atoms with Crippen molar-refractivity contribution in [3.8, 4) is 0 Å². The van der Waals surface area contributed by atoms with Crippen molar-refractivity contribution in [2.45, 2.75) is 25.2 Å². The van der Waals surface area contributed by atoms with E-state index in [1.165, 1.54) is 19.3 Å². The SMILES string of the molecule is CN(C)c1ccnc(NCC2CN(c3ccc4nnc(C5CCC5)n4n3)C2)n1. The van der Waals surface area contributed by atoms with Crippen LogP contribution in [0.3, 0.4) is 0 Å². The molecule has 1 aliphatic heterocycles. The van der Waals surface area contributed by atoms with Crippen LogP contribution in [-0.4, -0.2) is 63.5 Å². The van der Waals surface area contributed by atoms with E-state index in [-0.39, 0.29) is 0 Å². The van der Waals surface area contributed by atoms with Gasteiger partial charge in [0, 0.05) is 51.8 Å². The average Bonchev–Trinajstić information content (AvgIpc) is 3.02. The van der Waals surface area contributed by atoms with E-state index in [0.717, 1.165) is 42.7 Å². The summed E-state index contributed by atoms with van der Waals surface area (Å²) in [6.07, 6.45) is 5.46. The molecule has 1 saturated heterocycles. The molecule has 2 fully saturated rings. The van der Waals surface area contributed by atoms with E-state index in [9.17, 15) is 0 Å². The lowest BCUT2D eigenvalue weighted by Gasteiger charge is -2.40.